The molecule has 6 nitrogen and oxygen atoms in total. The van der Waals surface area contributed by atoms with Crippen molar-refractivity contribution >= 4 is 16.9 Å². The van der Waals surface area contributed by atoms with E-state index < -0.39 is 0 Å². The molecule has 24 heavy (non-hydrogen) atoms. The van der Waals surface area contributed by atoms with Crippen LogP contribution in [0.15, 0.2) is 47.2 Å². The Bertz CT molecular complexity index is 857. The molecule has 0 aliphatic heterocycles. The summed E-state index contributed by atoms with van der Waals surface area (Å²) >= 11 is 0. The predicted molar refractivity (Wildman–Crippen MR) is 89.1 cm³/mol. The van der Waals surface area contributed by atoms with Gasteiger partial charge in [-0.3, -0.25) is 4.79 Å². The van der Waals surface area contributed by atoms with Gasteiger partial charge in [-0.2, -0.15) is 0 Å². The summed E-state index contributed by atoms with van der Waals surface area (Å²) in [5.41, 5.74) is 2.48. The number of nitrogens with one attached hydrogen (secondary N) is 1. The number of amides is 1. The monoisotopic (exact) mass is 326 g/mol. The molecule has 0 spiro atoms. The first-order valence-electron chi connectivity index (χ1n) is 7.49. The van der Waals surface area contributed by atoms with Crippen LogP contribution in [-0.4, -0.2) is 25.1 Å². The molecular weight excluding hydrogens is 308 g/mol. The minimum atomic E-state index is -0.0794. The van der Waals surface area contributed by atoms with Crippen LogP contribution in [0.1, 0.15) is 11.1 Å². The van der Waals surface area contributed by atoms with Gasteiger partial charge in [0.15, 0.2) is 0 Å². The molecule has 0 aliphatic rings. The van der Waals surface area contributed by atoms with E-state index in [4.69, 9.17) is 13.9 Å². The number of nitrogens with zero attached hydrogens (tertiary/aromatic N) is 1. The molecule has 1 amide bonds. The maximum absolute atomic E-state index is 12.2. The summed E-state index contributed by atoms with van der Waals surface area (Å²) < 4.78 is 15.7. The fourth-order valence-electron chi connectivity index (χ4n) is 2.44. The first-order chi connectivity index (χ1) is 11.7. The topological polar surface area (TPSA) is 73.6 Å². The zero-order valence-corrected chi connectivity index (χ0v) is 13.5. The molecule has 6 heteroatoms. The summed E-state index contributed by atoms with van der Waals surface area (Å²) in [5, 5.41) is 3.80. The highest BCUT2D eigenvalue weighted by molar-refractivity contribution is 5.88. The second-order valence-electron chi connectivity index (χ2n) is 5.28. The Balaban J connectivity index is 1.64. The average Bonchev–Trinajstić information content (AvgIpc) is 3.02. The van der Waals surface area contributed by atoms with Crippen molar-refractivity contribution in [3.8, 4) is 11.6 Å². The van der Waals surface area contributed by atoms with E-state index in [0.29, 0.717) is 18.0 Å². The molecule has 0 radical (unpaired) electrons. The molecule has 2 heterocycles. The Morgan fingerprint density at radius 2 is 2.08 bits per heavy atom. The fourth-order valence-corrected chi connectivity index (χ4v) is 2.44. The van der Waals surface area contributed by atoms with Crippen LogP contribution in [0.4, 0.5) is 0 Å². The second kappa shape index (κ2) is 7.04. The normalized spacial score (nSPS) is 10.6. The molecule has 0 saturated carbocycles. The lowest BCUT2D eigenvalue weighted by molar-refractivity contribution is -0.120. The molecule has 1 aromatic carbocycles. The molecule has 2 aromatic heterocycles. The van der Waals surface area contributed by atoms with Gasteiger partial charge in [-0.05, 0) is 23.8 Å². The van der Waals surface area contributed by atoms with Crippen molar-refractivity contribution in [2.45, 2.75) is 13.0 Å². The number of pyridine rings is 1. The third-order valence-electron chi connectivity index (χ3n) is 3.71. The first-order valence-corrected chi connectivity index (χ1v) is 7.49. The highest BCUT2D eigenvalue weighted by Crippen LogP contribution is 2.25. The number of methoxy groups -OCH3 is 2. The van der Waals surface area contributed by atoms with Gasteiger partial charge in [0.25, 0.3) is 0 Å². The number of benzene rings is 1. The van der Waals surface area contributed by atoms with Crippen molar-refractivity contribution < 1.29 is 18.7 Å². The highest BCUT2D eigenvalue weighted by Gasteiger charge is 2.11. The maximum Gasteiger partial charge on any atom is 0.224 e. The molecule has 0 saturated heterocycles. The van der Waals surface area contributed by atoms with E-state index in [9.17, 15) is 4.79 Å². The molecule has 0 bridgehead atoms. The van der Waals surface area contributed by atoms with Crippen LogP contribution in [0.3, 0.4) is 0 Å². The van der Waals surface area contributed by atoms with E-state index in [-0.39, 0.29) is 12.3 Å². The smallest absolute Gasteiger partial charge is 0.224 e. The van der Waals surface area contributed by atoms with Crippen LogP contribution in [0, 0.1) is 0 Å². The zero-order chi connectivity index (χ0) is 16.9. The quantitative estimate of drug-likeness (QED) is 0.754. The number of hydrogen-bond donors (Lipinski definition) is 1. The Morgan fingerprint density at radius 3 is 2.88 bits per heavy atom. The van der Waals surface area contributed by atoms with E-state index in [1.807, 2.05) is 18.2 Å². The molecule has 0 fully saturated rings. The largest absolute Gasteiger partial charge is 0.497 e. The van der Waals surface area contributed by atoms with Crippen LogP contribution >= 0.6 is 0 Å². The van der Waals surface area contributed by atoms with Gasteiger partial charge in [0.05, 0.1) is 26.9 Å². The number of carbonyl (C=O) groups excluding carboxylic acids is 1. The van der Waals surface area contributed by atoms with Crippen molar-refractivity contribution in [3.05, 3.63) is 53.9 Å². The van der Waals surface area contributed by atoms with Gasteiger partial charge in [-0.15, -0.1) is 0 Å². The maximum atomic E-state index is 12.2. The third-order valence-corrected chi connectivity index (χ3v) is 3.71. The number of hydrogen-bond acceptors (Lipinski definition) is 5. The summed E-state index contributed by atoms with van der Waals surface area (Å²) in [7, 11) is 3.16. The van der Waals surface area contributed by atoms with Crippen LogP contribution in [0.2, 0.25) is 0 Å². The average molecular weight is 326 g/mol. The van der Waals surface area contributed by atoms with Crippen LogP contribution in [-0.2, 0) is 17.8 Å². The van der Waals surface area contributed by atoms with Gasteiger partial charge >= 0.3 is 0 Å². The number of rotatable bonds is 6. The first kappa shape index (κ1) is 15.9. The van der Waals surface area contributed by atoms with E-state index in [2.05, 4.69) is 10.3 Å². The molecule has 124 valence electrons. The molecule has 1 N–H and O–H groups in total. The minimum Gasteiger partial charge on any atom is -0.497 e. The molecule has 0 aliphatic carbocycles. The van der Waals surface area contributed by atoms with Crippen molar-refractivity contribution in [1.29, 1.82) is 0 Å². The molecule has 0 unspecified atom stereocenters. The SMILES string of the molecule is COc1ccc2c(CC(=O)NCc3ccnc(OC)c3)coc2c1. The van der Waals surface area contributed by atoms with Crippen molar-refractivity contribution in [2.24, 2.45) is 0 Å². The van der Waals surface area contributed by atoms with E-state index >= 15 is 0 Å². The summed E-state index contributed by atoms with van der Waals surface area (Å²) in [6, 6.07) is 9.18. The number of furan rings is 1. The van der Waals surface area contributed by atoms with Crippen molar-refractivity contribution in [2.75, 3.05) is 14.2 Å². The van der Waals surface area contributed by atoms with E-state index in [0.717, 1.165) is 22.3 Å². The summed E-state index contributed by atoms with van der Waals surface area (Å²) in [6.07, 6.45) is 3.51. The van der Waals surface area contributed by atoms with Gasteiger partial charge in [0, 0.05) is 35.8 Å². The van der Waals surface area contributed by atoms with Crippen molar-refractivity contribution in [1.82, 2.24) is 10.3 Å². The lowest BCUT2D eigenvalue weighted by atomic mass is 10.1. The lowest BCUT2D eigenvalue weighted by Gasteiger charge is -2.06. The van der Waals surface area contributed by atoms with Crippen LogP contribution in [0.25, 0.3) is 11.0 Å². The summed E-state index contributed by atoms with van der Waals surface area (Å²) in [5.74, 6) is 1.17. The summed E-state index contributed by atoms with van der Waals surface area (Å²) in [6.45, 7) is 0.418. The van der Waals surface area contributed by atoms with Gasteiger partial charge < -0.3 is 19.2 Å². The fraction of sp³-hybridized carbons (Fsp3) is 0.222. The Hall–Kier alpha value is -3.02. The number of ether oxygens (including phenoxy) is 2. The van der Waals surface area contributed by atoms with Gasteiger partial charge in [-0.1, -0.05) is 0 Å². The lowest BCUT2D eigenvalue weighted by Crippen LogP contribution is -2.24. The molecule has 3 rings (SSSR count). The van der Waals surface area contributed by atoms with E-state index in [1.54, 1.807) is 38.8 Å². The molecular formula is C18H18N2O4. The van der Waals surface area contributed by atoms with Gasteiger partial charge in [-0.25, -0.2) is 4.98 Å². The molecule has 0 atom stereocenters. The predicted octanol–water partition coefficient (Wildman–Crippen LogP) is 2.70. The van der Waals surface area contributed by atoms with Gasteiger partial charge in [0.2, 0.25) is 11.8 Å². The Morgan fingerprint density at radius 1 is 1.21 bits per heavy atom. The van der Waals surface area contributed by atoms with Crippen LogP contribution < -0.4 is 14.8 Å². The molecule has 3 aromatic rings. The zero-order valence-electron chi connectivity index (χ0n) is 13.5. The second-order valence-corrected chi connectivity index (χ2v) is 5.28. The van der Waals surface area contributed by atoms with Crippen molar-refractivity contribution in [3.63, 3.8) is 0 Å². The third kappa shape index (κ3) is 3.48. The Kier molecular flexibility index (Phi) is 4.65. The summed E-state index contributed by atoms with van der Waals surface area (Å²) in [4.78, 5) is 16.2. The highest BCUT2D eigenvalue weighted by atomic mass is 16.5. The minimum absolute atomic E-state index is 0.0794. The number of fused-ring (bicyclic) bond motifs is 1. The standard InChI is InChI=1S/C18H18N2O4/c1-22-14-3-4-15-13(11-24-16(15)9-14)8-17(21)20-10-12-5-6-19-18(7-12)23-2/h3-7,9,11H,8,10H2,1-2H3,(H,20,21). The number of aromatic nitrogens is 1. The Labute approximate surface area is 139 Å². The van der Waals surface area contributed by atoms with E-state index in [1.165, 1.54) is 0 Å². The van der Waals surface area contributed by atoms with Crippen LogP contribution in [0.5, 0.6) is 11.6 Å². The number of carbonyl (C=O) groups is 1. The van der Waals surface area contributed by atoms with Gasteiger partial charge in [0.1, 0.15) is 11.3 Å².